The molecule has 0 bridgehead atoms. The van der Waals surface area contributed by atoms with Gasteiger partial charge in [-0.2, -0.15) is 0 Å². The fourth-order valence-electron chi connectivity index (χ4n) is 4.18. The number of aromatic nitrogens is 1. The van der Waals surface area contributed by atoms with E-state index in [2.05, 4.69) is 21.7 Å². The molecule has 0 unspecified atom stereocenters. The zero-order chi connectivity index (χ0) is 22.2. The largest absolute Gasteiger partial charge is 0.334 e. The average Bonchev–Trinajstić information content (AvgIpc) is 3.27. The van der Waals surface area contributed by atoms with Gasteiger partial charge in [0.05, 0.1) is 5.56 Å². The Morgan fingerprint density at radius 3 is 2.78 bits per heavy atom. The normalized spacial score (nSPS) is 13.1. The number of carbonyl (C=O) groups excluding carboxylic acids is 2. The van der Waals surface area contributed by atoms with Gasteiger partial charge in [-0.15, -0.1) is 11.3 Å². The first kappa shape index (κ1) is 20.2. The van der Waals surface area contributed by atoms with Crippen LogP contribution < -0.4 is 10.9 Å². The van der Waals surface area contributed by atoms with Crippen molar-refractivity contribution in [2.45, 2.75) is 19.9 Å². The van der Waals surface area contributed by atoms with Crippen LogP contribution in [0.5, 0.6) is 0 Å². The number of pyridine rings is 1. The van der Waals surface area contributed by atoms with Crippen molar-refractivity contribution in [2.24, 2.45) is 0 Å². The number of H-pyrrole nitrogens is 1. The number of thiophene rings is 1. The number of fused-ring (bicyclic) bond motifs is 2. The van der Waals surface area contributed by atoms with Crippen LogP contribution in [0.2, 0.25) is 0 Å². The molecule has 0 saturated heterocycles. The summed E-state index contributed by atoms with van der Waals surface area (Å²) in [5.74, 6) is -0.432. The van der Waals surface area contributed by atoms with E-state index < -0.39 is 0 Å². The molecule has 1 aliphatic rings. The van der Waals surface area contributed by atoms with Gasteiger partial charge in [-0.1, -0.05) is 24.3 Å². The fraction of sp³-hybridized carbons (Fsp3) is 0.160. The van der Waals surface area contributed by atoms with Gasteiger partial charge in [-0.3, -0.25) is 14.4 Å². The quantitative estimate of drug-likeness (QED) is 0.494. The maximum Gasteiger partial charge on any atom is 0.256 e. The number of aromatic amines is 1. The number of para-hydroxylation sites is 1. The van der Waals surface area contributed by atoms with E-state index in [1.54, 1.807) is 47.7 Å². The molecule has 160 valence electrons. The second-order valence-electron chi connectivity index (χ2n) is 7.87. The second kappa shape index (κ2) is 8.09. The summed E-state index contributed by atoms with van der Waals surface area (Å²) < 4.78 is 0. The lowest BCUT2D eigenvalue weighted by atomic mass is 10.0. The molecule has 1 aliphatic heterocycles. The zero-order valence-corrected chi connectivity index (χ0v) is 18.3. The van der Waals surface area contributed by atoms with Crippen LogP contribution in [0.3, 0.4) is 0 Å². The van der Waals surface area contributed by atoms with Gasteiger partial charge in [0, 0.05) is 46.2 Å². The van der Waals surface area contributed by atoms with Gasteiger partial charge >= 0.3 is 0 Å². The van der Waals surface area contributed by atoms with E-state index in [-0.39, 0.29) is 17.4 Å². The summed E-state index contributed by atoms with van der Waals surface area (Å²) in [5.41, 5.74) is 3.59. The van der Waals surface area contributed by atoms with Crippen molar-refractivity contribution >= 4 is 39.7 Å². The van der Waals surface area contributed by atoms with E-state index in [0.717, 1.165) is 6.42 Å². The number of nitrogens with one attached hydrogen (secondary N) is 2. The van der Waals surface area contributed by atoms with E-state index in [4.69, 9.17) is 0 Å². The first-order valence-electron chi connectivity index (χ1n) is 10.4. The molecule has 0 radical (unpaired) electrons. The molecule has 2 aromatic heterocycles. The molecule has 4 aromatic rings. The van der Waals surface area contributed by atoms with Crippen LogP contribution in [0.4, 0.5) is 5.69 Å². The minimum absolute atomic E-state index is 0.0444. The third-order valence-electron chi connectivity index (χ3n) is 5.90. The van der Waals surface area contributed by atoms with Crippen LogP contribution in [-0.2, 0) is 13.0 Å². The Bertz CT molecular complexity index is 1420. The fourth-order valence-corrected chi connectivity index (χ4v) is 5.07. The summed E-state index contributed by atoms with van der Waals surface area (Å²) >= 11 is 1.74. The average molecular weight is 444 g/mol. The van der Waals surface area contributed by atoms with E-state index in [9.17, 15) is 14.4 Å². The molecule has 6 nitrogen and oxygen atoms in total. The van der Waals surface area contributed by atoms with Gasteiger partial charge in [-0.25, -0.2) is 0 Å². The van der Waals surface area contributed by atoms with Crippen LogP contribution in [0, 0.1) is 6.92 Å². The Labute approximate surface area is 188 Å². The summed E-state index contributed by atoms with van der Waals surface area (Å²) in [4.78, 5) is 44.3. The van der Waals surface area contributed by atoms with Gasteiger partial charge in [-0.05, 0) is 54.1 Å². The molecule has 3 heterocycles. The van der Waals surface area contributed by atoms with Crippen LogP contribution in [0.15, 0.2) is 64.8 Å². The number of benzene rings is 2. The highest BCUT2D eigenvalue weighted by Gasteiger charge is 2.24. The third-order valence-corrected chi connectivity index (χ3v) is 6.93. The SMILES string of the molecule is Cc1c(NC(=O)c2cc(=O)[nH]c3ccccc23)cccc1C(=O)N1CCc2sccc2C1. The van der Waals surface area contributed by atoms with Gasteiger partial charge in [0.2, 0.25) is 5.56 Å². The summed E-state index contributed by atoms with van der Waals surface area (Å²) in [6, 6.07) is 15.9. The predicted octanol–water partition coefficient (Wildman–Crippen LogP) is 4.35. The summed E-state index contributed by atoms with van der Waals surface area (Å²) in [6.07, 6.45) is 0.865. The van der Waals surface area contributed by atoms with Gasteiger partial charge in [0.15, 0.2) is 0 Å². The zero-order valence-electron chi connectivity index (χ0n) is 17.5. The minimum atomic E-state index is -0.388. The van der Waals surface area contributed by atoms with E-state index in [0.29, 0.717) is 46.4 Å². The van der Waals surface area contributed by atoms with Crippen LogP contribution >= 0.6 is 11.3 Å². The van der Waals surface area contributed by atoms with Crippen molar-refractivity contribution in [3.05, 3.63) is 97.5 Å². The van der Waals surface area contributed by atoms with E-state index in [1.165, 1.54) is 16.5 Å². The molecule has 5 rings (SSSR count). The predicted molar refractivity (Wildman–Crippen MR) is 126 cm³/mol. The Kier molecular flexibility index (Phi) is 5.11. The maximum atomic E-state index is 13.3. The van der Waals surface area contributed by atoms with Crippen molar-refractivity contribution in [1.82, 2.24) is 9.88 Å². The Hall–Kier alpha value is -3.71. The van der Waals surface area contributed by atoms with Gasteiger partial charge in [0.1, 0.15) is 0 Å². The summed E-state index contributed by atoms with van der Waals surface area (Å²) in [6.45, 7) is 3.12. The number of amides is 2. The van der Waals surface area contributed by atoms with Gasteiger partial charge < -0.3 is 15.2 Å². The van der Waals surface area contributed by atoms with E-state index >= 15 is 0 Å². The first-order valence-corrected chi connectivity index (χ1v) is 11.3. The Morgan fingerprint density at radius 2 is 1.91 bits per heavy atom. The molecular weight excluding hydrogens is 422 g/mol. The van der Waals surface area contributed by atoms with Gasteiger partial charge in [0.25, 0.3) is 11.8 Å². The lowest BCUT2D eigenvalue weighted by molar-refractivity contribution is 0.0735. The topological polar surface area (TPSA) is 82.3 Å². The molecule has 0 aliphatic carbocycles. The van der Waals surface area contributed by atoms with E-state index in [1.807, 2.05) is 17.9 Å². The van der Waals surface area contributed by atoms with Crippen LogP contribution in [-0.4, -0.2) is 28.2 Å². The number of nitrogens with zero attached hydrogens (tertiary/aromatic N) is 1. The van der Waals surface area contributed by atoms with Crippen molar-refractivity contribution < 1.29 is 9.59 Å². The lowest BCUT2D eigenvalue weighted by Crippen LogP contribution is -2.35. The number of anilines is 1. The molecule has 0 atom stereocenters. The molecule has 0 spiro atoms. The van der Waals surface area contributed by atoms with Crippen molar-refractivity contribution in [2.75, 3.05) is 11.9 Å². The van der Waals surface area contributed by atoms with Crippen molar-refractivity contribution in [3.63, 3.8) is 0 Å². The molecule has 32 heavy (non-hydrogen) atoms. The number of hydrogen-bond donors (Lipinski definition) is 2. The molecule has 0 saturated carbocycles. The Balaban J connectivity index is 1.43. The smallest absolute Gasteiger partial charge is 0.256 e. The molecule has 0 fully saturated rings. The highest BCUT2D eigenvalue weighted by Crippen LogP contribution is 2.27. The molecule has 2 aromatic carbocycles. The minimum Gasteiger partial charge on any atom is -0.334 e. The summed E-state index contributed by atoms with van der Waals surface area (Å²) in [5, 5.41) is 5.62. The molecular formula is C25H21N3O3S. The van der Waals surface area contributed by atoms with Crippen molar-refractivity contribution in [1.29, 1.82) is 0 Å². The number of hydrogen-bond acceptors (Lipinski definition) is 4. The Morgan fingerprint density at radius 1 is 1.06 bits per heavy atom. The summed E-state index contributed by atoms with van der Waals surface area (Å²) in [7, 11) is 0. The second-order valence-corrected chi connectivity index (χ2v) is 8.87. The maximum absolute atomic E-state index is 13.3. The number of rotatable bonds is 3. The van der Waals surface area contributed by atoms with Crippen molar-refractivity contribution in [3.8, 4) is 0 Å². The standard InChI is InChI=1S/C25H21N3O3S/c1-15-17(25(31)28-11-9-22-16(14-28)10-12-32-22)6-4-8-20(15)27-24(30)19-13-23(29)26-21-7-3-2-5-18(19)21/h2-8,10,12-13H,9,11,14H2,1H3,(H,26,29)(H,27,30). The number of carbonyl (C=O) groups is 2. The first-order chi connectivity index (χ1) is 15.5. The third kappa shape index (κ3) is 3.61. The molecule has 7 heteroatoms. The van der Waals surface area contributed by atoms with Crippen LogP contribution in [0.25, 0.3) is 10.9 Å². The highest BCUT2D eigenvalue weighted by atomic mass is 32.1. The molecule has 2 N–H and O–H groups in total. The highest BCUT2D eigenvalue weighted by molar-refractivity contribution is 7.10. The molecule has 2 amide bonds. The lowest BCUT2D eigenvalue weighted by Gasteiger charge is -2.28. The van der Waals surface area contributed by atoms with Crippen LogP contribution in [0.1, 0.15) is 36.7 Å². The monoisotopic (exact) mass is 443 g/mol.